The summed E-state index contributed by atoms with van der Waals surface area (Å²) < 4.78 is 5.66. The molecule has 0 saturated carbocycles. The predicted octanol–water partition coefficient (Wildman–Crippen LogP) is 2.90. The Labute approximate surface area is 120 Å². The maximum Gasteiger partial charge on any atom is 0.0634 e. The first kappa shape index (κ1) is 16.9. The van der Waals surface area contributed by atoms with Gasteiger partial charge in [0.1, 0.15) is 0 Å². The van der Waals surface area contributed by atoms with Crippen LogP contribution in [-0.4, -0.2) is 49.8 Å². The number of nitrogens with zero attached hydrogens (tertiary/aromatic N) is 1. The van der Waals surface area contributed by atoms with Crippen LogP contribution in [0.3, 0.4) is 0 Å². The van der Waals surface area contributed by atoms with E-state index in [9.17, 15) is 0 Å². The van der Waals surface area contributed by atoms with Crippen molar-refractivity contribution in [3.05, 3.63) is 0 Å². The van der Waals surface area contributed by atoms with Crippen LogP contribution in [0.5, 0.6) is 0 Å². The van der Waals surface area contributed by atoms with E-state index in [1.807, 2.05) is 0 Å². The first-order chi connectivity index (χ1) is 9.17. The molecular formula is C16H34N2O. The molecule has 0 aromatic carbocycles. The van der Waals surface area contributed by atoms with Crippen LogP contribution in [0.15, 0.2) is 0 Å². The molecule has 0 aliphatic carbocycles. The Hall–Kier alpha value is -0.120. The lowest BCUT2D eigenvalue weighted by Crippen LogP contribution is -2.52. The van der Waals surface area contributed by atoms with Gasteiger partial charge in [-0.2, -0.15) is 0 Å². The lowest BCUT2D eigenvalue weighted by atomic mass is 9.97. The van der Waals surface area contributed by atoms with Gasteiger partial charge in [-0.1, -0.05) is 47.0 Å². The summed E-state index contributed by atoms with van der Waals surface area (Å²) >= 11 is 0. The summed E-state index contributed by atoms with van der Waals surface area (Å²) in [6, 6.07) is 1.12. The third kappa shape index (κ3) is 6.73. The molecule has 2 unspecified atom stereocenters. The molecule has 3 nitrogen and oxygen atoms in total. The lowest BCUT2D eigenvalue weighted by molar-refractivity contribution is -0.0150. The van der Waals surface area contributed by atoms with Gasteiger partial charge in [0, 0.05) is 31.7 Å². The van der Waals surface area contributed by atoms with Gasteiger partial charge in [-0.25, -0.2) is 0 Å². The molecule has 1 N–H and O–H groups in total. The number of morpholine rings is 1. The van der Waals surface area contributed by atoms with Crippen LogP contribution in [0.25, 0.3) is 0 Å². The normalized spacial score (nSPS) is 22.9. The molecular weight excluding hydrogens is 236 g/mol. The van der Waals surface area contributed by atoms with Gasteiger partial charge in [-0.05, 0) is 12.3 Å². The molecule has 1 rings (SSSR count). The number of hydrogen-bond donors (Lipinski definition) is 1. The third-order valence-corrected chi connectivity index (χ3v) is 4.15. The van der Waals surface area contributed by atoms with Crippen molar-refractivity contribution in [2.45, 2.75) is 65.5 Å². The molecule has 19 heavy (non-hydrogen) atoms. The minimum Gasteiger partial charge on any atom is -0.378 e. The van der Waals surface area contributed by atoms with Gasteiger partial charge < -0.3 is 10.1 Å². The van der Waals surface area contributed by atoms with Crippen molar-refractivity contribution in [3.8, 4) is 0 Å². The summed E-state index contributed by atoms with van der Waals surface area (Å²) in [6.07, 6.45) is 5.38. The first-order valence-electron chi connectivity index (χ1n) is 8.22. The second-order valence-corrected chi connectivity index (χ2v) is 6.20. The van der Waals surface area contributed by atoms with Crippen LogP contribution in [-0.2, 0) is 4.74 Å². The smallest absolute Gasteiger partial charge is 0.0634 e. The number of nitrogens with one attached hydrogen (secondary N) is 1. The summed E-state index contributed by atoms with van der Waals surface area (Å²) in [6.45, 7) is 14.3. The Bertz CT molecular complexity index is 221. The molecule has 0 aromatic heterocycles. The van der Waals surface area contributed by atoms with Crippen molar-refractivity contribution in [1.29, 1.82) is 0 Å². The average molecular weight is 270 g/mol. The molecule has 1 saturated heterocycles. The fourth-order valence-corrected chi connectivity index (χ4v) is 2.74. The predicted molar refractivity (Wildman–Crippen MR) is 82.6 cm³/mol. The number of hydrogen-bond acceptors (Lipinski definition) is 3. The molecule has 1 aliphatic rings. The van der Waals surface area contributed by atoms with Crippen LogP contribution in [0.4, 0.5) is 0 Å². The Kier molecular flexibility index (Phi) is 8.67. The standard InChI is InChI=1S/C16H34N2O/c1-5-7-8-15(6-2)12-18-9-10-19-13-16(18)11-17-14(3)4/h14-17H,5-13H2,1-4H3. The second-order valence-electron chi connectivity index (χ2n) is 6.20. The Morgan fingerprint density at radius 2 is 2.11 bits per heavy atom. The number of unbranched alkanes of at least 4 members (excludes halogenated alkanes) is 1. The molecule has 0 spiro atoms. The van der Waals surface area contributed by atoms with E-state index in [1.54, 1.807) is 0 Å². The Morgan fingerprint density at radius 3 is 2.74 bits per heavy atom. The van der Waals surface area contributed by atoms with Crippen molar-refractivity contribution in [2.75, 3.05) is 32.8 Å². The van der Waals surface area contributed by atoms with E-state index in [2.05, 4.69) is 37.9 Å². The van der Waals surface area contributed by atoms with Crippen molar-refractivity contribution in [3.63, 3.8) is 0 Å². The van der Waals surface area contributed by atoms with Crippen molar-refractivity contribution in [1.82, 2.24) is 10.2 Å². The summed E-state index contributed by atoms with van der Waals surface area (Å²) in [5, 5.41) is 3.56. The van der Waals surface area contributed by atoms with E-state index in [-0.39, 0.29) is 0 Å². The maximum atomic E-state index is 5.66. The largest absolute Gasteiger partial charge is 0.378 e. The van der Waals surface area contributed by atoms with Gasteiger partial charge in [-0.15, -0.1) is 0 Å². The summed E-state index contributed by atoms with van der Waals surface area (Å²) in [5.41, 5.74) is 0. The first-order valence-corrected chi connectivity index (χ1v) is 8.22. The molecule has 0 radical (unpaired) electrons. The van der Waals surface area contributed by atoms with E-state index >= 15 is 0 Å². The summed E-state index contributed by atoms with van der Waals surface area (Å²) in [7, 11) is 0. The van der Waals surface area contributed by atoms with Crippen LogP contribution in [0.1, 0.15) is 53.4 Å². The van der Waals surface area contributed by atoms with Gasteiger partial charge in [0.15, 0.2) is 0 Å². The SMILES string of the molecule is CCCCC(CC)CN1CCOCC1CNC(C)C. The zero-order valence-electron chi connectivity index (χ0n) is 13.5. The highest BCUT2D eigenvalue weighted by atomic mass is 16.5. The van der Waals surface area contributed by atoms with Crippen molar-refractivity contribution in [2.24, 2.45) is 5.92 Å². The highest BCUT2D eigenvalue weighted by molar-refractivity contribution is 4.80. The molecule has 114 valence electrons. The van der Waals surface area contributed by atoms with Crippen LogP contribution >= 0.6 is 0 Å². The minimum atomic E-state index is 0.561. The zero-order valence-corrected chi connectivity index (χ0v) is 13.5. The highest BCUT2D eigenvalue weighted by Gasteiger charge is 2.24. The monoisotopic (exact) mass is 270 g/mol. The molecule has 2 atom stereocenters. The minimum absolute atomic E-state index is 0.561. The van der Waals surface area contributed by atoms with Crippen LogP contribution in [0, 0.1) is 5.92 Å². The molecule has 0 bridgehead atoms. The number of ether oxygens (including phenoxy) is 1. The van der Waals surface area contributed by atoms with Gasteiger partial charge >= 0.3 is 0 Å². The molecule has 1 heterocycles. The maximum absolute atomic E-state index is 5.66. The van der Waals surface area contributed by atoms with Gasteiger partial charge in [0.2, 0.25) is 0 Å². The van der Waals surface area contributed by atoms with Gasteiger partial charge in [0.25, 0.3) is 0 Å². The molecule has 3 heteroatoms. The summed E-state index contributed by atoms with van der Waals surface area (Å²) in [4.78, 5) is 2.66. The molecule has 1 fully saturated rings. The molecule has 1 aliphatic heterocycles. The summed E-state index contributed by atoms with van der Waals surface area (Å²) in [5.74, 6) is 0.861. The Morgan fingerprint density at radius 1 is 1.32 bits per heavy atom. The van der Waals surface area contributed by atoms with E-state index in [1.165, 1.54) is 32.2 Å². The molecule has 0 aromatic rings. The number of rotatable bonds is 9. The zero-order chi connectivity index (χ0) is 14.1. The fourth-order valence-electron chi connectivity index (χ4n) is 2.74. The van der Waals surface area contributed by atoms with E-state index in [0.717, 1.165) is 32.2 Å². The average Bonchev–Trinajstić information content (AvgIpc) is 2.42. The van der Waals surface area contributed by atoms with Crippen LogP contribution < -0.4 is 5.32 Å². The van der Waals surface area contributed by atoms with Crippen molar-refractivity contribution < 1.29 is 4.74 Å². The van der Waals surface area contributed by atoms with Gasteiger partial charge in [-0.3, -0.25) is 4.90 Å². The Balaban J connectivity index is 2.41. The third-order valence-electron chi connectivity index (χ3n) is 4.15. The van der Waals surface area contributed by atoms with Crippen molar-refractivity contribution >= 4 is 0 Å². The van der Waals surface area contributed by atoms with Gasteiger partial charge in [0.05, 0.1) is 13.2 Å². The second kappa shape index (κ2) is 9.73. The highest BCUT2D eigenvalue weighted by Crippen LogP contribution is 2.17. The quantitative estimate of drug-likeness (QED) is 0.697. The topological polar surface area (TPSA) is 24.5 Å². The lowest BCUT2D eigenvalue weighted by Gasteiger charge is -2.38. The fraction of sp³-hybridized carbons (Fsp3) is 1.00. The van der Waals surface area contributed by atoms with E-state index in [0.29, 0.717) is 12.1 Å². The van der Waals surface area contributed by atoms with E-state index in [4.69, 9.17) is 4.74 Å². The van der Waals surface area contributed by atoms with Crippen LogP contribution in [0.2, 0.25) is 0 Å². The molecule has 0 amide bonds. The van der Waals surface area contributed by atoms with E-state index < -0.39 is 0 Å².